The first-order valence-corrected chi connectivity index (χ1v) is 7.51. The topological polar surface area (TPSA) is 29.9 Å². The van der Waals surface area contributed by atoms with Gasteiger partial charge in [0.1, 0.15) is 0 Å². The second-order valence-corrected chi connectivity index (χ2v) is 5.72. The third-order valence-corrected chi connectivity index (χ3v) is 4.44. The zero-order chi connectivity index (χ0) is 13.1. The Bertz CT molecular complexity index is 388. The Hall–Kier alpha value is -0.540. The van der Waals surface area contributed by atoms with Crippen molar-refractivity contribution in [2.45, 2.75) is 58.5 Å². The maximum absolute atomic E-state index is 6.35. The molecular formula is C14H24ClN3. The summed E-state index contributed by atoms with van der Waals surface area (Å²) in [6.07, 6.45) is 5.36. The molecule has 1 aliphatic carbocycles. The molecule has 3 unspecified atom stereocenters. The quantitative estimate of drug-likeness (QED) is 0.887. The SMILES string of the molecule is CCCn1ncc(Cl)c1C1CCC(NCC)C1C. The molecule has 3 atom stereocenters. The lowest BCUT2D eigenvalue weighted by Gasteiger charge is -2.22. The van der Waals surface area contributed by atoms with E-state index in [2.05, 4.69) is 35.9 Å². The first-order valence-electron chi connectivity index (χ1n) is 7.13. The van der Waals surface area contributed by atoms with Crippen molar-refractivity contribution in [1.82, 2.24) is 15.1 Å². The lowest BCUT2D eigenvalue weighted by molar-refractivity contribution is 0.397. The van der Waals surface area contributed by atoms with Crippen LogP contribution in [0, 0.1) is 5.92 Å². The fourth-order valence-electron chi connectivity index (χ4n) is 3.23. The fraction of sp³-hybridized carbons (Fsp3) is 0.786. The molecule has 102 valence electrons. The summed E-state index contributed by atoms with van der Waals surface area (Å²) < 4.78 is 2.11. The molecule has 4 heteroatoms. The van der Waals surface area contributed by atoms with Gasteiger partial charge in [-0.3, -0.25) is 4.68 Å². The third kappa shape index (κ3) is 2.57. The van der Waals surface area contributed by atoms with Crippen molar-refractivity contribution < 1.29 is 0 Å². The average molecular weight is 270 g/mol. The number of hydrogen-bond donors (Lipinski definition) is 1. The van der Waals surface area contributed by atoms with Crippen molar-refractivity contribution in [2.24, 2.45) is 5.92 Å². The van der Waals surface area contributed by atoms with Crippen LogP contribution in [0.25, 0.3) is 0 Å². The van der Waals surface area contributed by atoms with Crippen molar-refractivity contribution in [3.8, 4) is 0 Å². The Kier molecular flexibility index (Phi) is 4.68. The molecule has 3 nitrogen and oxygen atoms in total. The van der Waals surface area contributed by atoms with Crippen LogP contribution in [0.1, 0.15) is 51.6 Å². The number of hydrogen-bond acceptors (Lipinski definition) is 2. The summed E-state index contributed by atoms with van der Waals surface area (Å²) in [5.41, 5.74) is 1.26. The highest BCUT2D eigenvalue weighted by atomic mass is 35.5. The van der Waals surface area contributed by atoms with Gasteiger partial charge in [0.25, 0.3) is 0 Å². The Balaban J connectivity index is 2.19. The van der Waals surface area contributed by atoms with Gasteiger partial charge in [0, 0.05) is 18.5 Å². The predicted octanol–water partition coefficient (Wildman–Crippen LogP) is 3.44. The largest absolute Gasteiger partial charge is 0.314 e. The minimum absolute atomic E-state index is 0.551. The van der Waals surface area contributed by atoms with E-state index in [1.165, 1.54) is 18.5 Å². The number of nitrogens with zero attached hydrogens (tertiary/aromatic N) is 2. The van der Waals surface area contributed by atoms with E-state index in [1.54, 1.807) is 6.20 Å². The Morgan fingerprint density at radius 2 is 2.22 bits per heavy atom. The van der Waals surface area contributed by atoms with E-state index in [0.29, 0.717) is 17.9 Å². The molecule has 1 aliphatic rings. The first-order chi connectivity index (χ1) is 8.69. The van der Waals surface area contributed by atoms with Gasteiger partial charge in [0.05, 0.1) is 16.9 Å². The van der Waals surface area contributed by atoms with Crippen LogP contribution in [0.15, 0.2) is 6.20 Å². The molecule has 1 heterocycles. The van der Waals surface area contributed by atoms with E-state index in [0.717, 1.165) is 24.5 Å². The summed E-state index contributed by atoms with van der Waals surface area (Å²) in [5, 5.41) is 8.85. The van der Waals surface area contributed by atoms with Gasteiger partial charge in [-0.25, -0.2) is 0 Å². The van der Waals surface area contributed by atoms with Crippen molar-refractivity contribution in [1.29, 1.82) is 0 Å². The molecule has 1 aromatic rings. The molecule has 0 spiro atoms. The van der Waals surface area contributed by atoms with Crippen LogP contribution < -0.4 is 5.32 Å². The van der Waals surface area contributed by atoms with Crippen LogP contribution in [0.3, 0.4) is 0 Å². The van der Waals surface area contributed by atoms with Gasteiger partial charge in [-0.15, -0.1) is 0 Å². The second kappa shape index (κ2) is 6.07. The van der Waals surface area contributed by atoms with Crippen molar-refractivity contribution in [2.75, 3.05) is 6.54 Å². The maximum atomic E-state index is 6.35. The van der Waals surface area contributed by atoms with Gasteiger partial charge < -0.3 is 5.32 Å². The van der Waals surface area contributed by atoms with Crippen LogP contribution >= 0.6 is 11.6 Å². The summed E-state index contributed by atoms with van der Waals surface area (Å²) in [4.78, 5) is 0. The van der Waals surface area contributed by atoms with Gasteiger partial charge in [-0.05, 0) is 31.7 Å². The van der Waals surface area contributed by atoms with Gasteiger partial charge in [0.15, 0.2) is 0 Å². The zero-order valence-corrected chi connectivity index (χ0v) is 12.4. The molecule has 1 fully saturated rings. The van der Waals surface area contributed by atoms with Gasteiger partial charge in [0.2, 0.25) is 0 Å². The summed E-state index contributed by atoms with van der Waals surface area (Å²) in [7, 11) is 0. The summed E-state index contributed by atoms with van der Waals surface area (Å²) >= 11 is 6.35. The van der Waals surface area contributed by atoms with E-state index in [-0.39, 0.29) is 0 Å². The van der Waals surface area contributed by atoms with E-state index in [1.807, 2.05) is 0 Å². The van der Waals surface area contributed by atoms with Crippen LogP contribution in [0.4, 0.5) is 0 Å². The van der Waals surface area contributed by atoms with Crippen LogP contribution in [0.2, 0.25) is 5.02 Å². The Morgan fingerprint density at radius 1 is 1.44 bits per heavy atom. The molecule has 1 N–H and O–H groups in total. The normalized spacial score (nSPS) is 27.9. The highest BCUT2D eigenvalue weighted by Crippen LogP contribution is 2.42. The van der Waals surface area contributed by atoms with Crippen LogP contribution in [0.5, 0.6) is 0 Å². The smallest absolute Gasteiger partial charge is 0.0820 e. The van der Waals surface area contributed by atoms with Gasteiger partial charge in [-0.2, -0.15) is 5.10 Å². The summed E-state index contributed by atoms with van der Waals surface area (Å²) in [6, 6.07) is 0.626. The lowest BCUT2D eigenvalue weighted by Crippen LogP contribution is -2.32. The van der Waals surface area contributed by atoms with E-state index < -0.39 is 0 Å². The number of aryl methyl sites for hydroxylation is 1. The molecule has 0 aliphatic heterocycles. The molecule has 2 rings (SSSR count). The number of aromatic nitrogens is 2. The summed E-state index contributed by atoms with van der Waals surface area (Å²) in [5.74, 6) is 1.19. The highest BCUT2D eigenvalue weighted by Gasteiger charge is 2.36. The Morgan fingerprint density at radius 3 is 2.89 bits per heavy atom. The van der Waals surface area contributed by atoms with Crippen LogP contribution in [-0.2, 0) is 6.54 Å². The minimum Gasteiger partial charge on any atom is -0.314 e. The van der Waals surface area contributed by atoms with Gasteiger partial charge in [-0.1, -0.05) is 32.4 Å². The lowest BCUT2D eigenvalue weighted by atomic mass is 9.92. The molecule has 0 bridgehead atoms. The van der Waals surface area contributed by atoms with E-state index in [4.69, 9.17) is 11.6 Å². The standard InChI is InChI=1S/C14H24ClN3/c1-4-8-18-14(12(15)9-17-18)11-6-7-13(10(11)3)16-5-2/h9-11,13,16H,4-8H2,1-3H3. The van der Waals surface area contributed by atoms with E-state index in [9.17, 15) is 0 Å². The average Bonchev–Trinajstić information content (AvgIpc) is 2.86. The number of nitrogens with one attached hydrogen (secondary N) is 1. The maximum Gasteiger partial charge on any atom is 0.0820 e. The number of rotatable bonds is 5. The zero-order valence-electron chi connectivity index (χ0n) is 11.6. The Labute approximate surface area is 115 Å². The first kappa shape index (κ1) is 13.9. The molecule has 0 amide bonds. The summed E-state index contributed by atoms with van der Waals surface area (Å²) in [6.45, 7) is 8.71. The molecule has 0 radical (unpaired) electrons. The van der Waals surface area contributed by atoms with Crippen molar-refractivity contribution in [3.63, 3.8) is 0 Å². The molecule has 1 aromatic heterocycles. The molecule has 18 heavy (non-hydrogen) atoms. The molecule has 1 saturated carbocycles. The highest BCUT2D eigenvalue weighted by molar-refractivity contribution is 6.31. The van der Waals surface area contributed by atoms with Crippen molar-refractivity contribution in [3.05, 3.63) is 16.9 Å². The second-order valence-electron chi connectivity index (χ2n) is 5.31. The third-order valence-electron chi connectivity index (χ3n) is 4.14. The fourth-order valence-corrected chi connectivity index (χ4v) is 3.51. The van der Waals surface area contributed by atoms with Crippen molar-refractivity contribution >= 4 is 11.6 Å². The number of halogens is 1. The molecule has 0 aromatic carbocycles. The monoisotopic (exact) mass is 269 g/mol. The molecule has 0 saturated heterocycles. The van der Waals surface area contributed by atoms with Crippen LogP contribution in [-0.4, -0.2) is 22.4 Å². The minimum atomic E-state index is 0.551. The van der Waals surface area contributed by atoms with Gasteiger partial charge >= 0.3 is 0 Å². The predicted molar refractivity (Wildman–Crippen MR) is 76.1 cm³/mol. The van der Waals surface area contributed by atoms with E-state index >= 15 is 0 Å². The molecular weight excluding hydrogens is 246 g/mol.